The first-order chi connectivity index (χ1) is 12.3. The number of hydrogen-bond donors (Lipinski definition) is 1. The van der Waals surface area contributed by atoms with Crippen molar-refractivity contribution in [2.45, 2.75) is 37.1 Å². The fourth-order valence-electron chi connectivity index (χ4n) is 3.77. The summed E-state index contributed by atoms with van der Waals surface area (Å²) in [5, 5.41) is 11.6. The maximum absolute atomic E-state index is 12.9. The van der Waals surface area contributed by atoms with Crippen LogP contribution in [0.5, 0.6) is 0 Å². The summed E-state index contributed by atoms with van der Waals surface area (Å²) in [6.07, 6.45) is 3.09. The second-order valence-electron chi connectivity index (χ2n) is 7.31. The molecule has 1 aromatic rings. The number of rotatable bonds is 4. The van der Waals surface area contributed by atoms with E-state index in [1.54, 1.807) is 6.07 Å². The molecule has 2 aliphatic heterocycles. The molecule has 3 rings (SSSR count). The highest BCUT2D eigenvalue weighted by atomic mass is 32.2. The van der Waals surface area contributed by atoms with E-state index in [0.717, 1.165) is 38.9 Å². The molecule has 0 unspecified atom stereocenters. The van der Waals surface area contributed by atoms with Crippen molar-refractivity contribution in [1.29, 1.82) is 0 Å². The van der Waals surface area contributed by atoms with Gasteiger partial charge in [-0.25, -0.2) is 8.42 Å². The Hall–Kier alpha value is -1.71. The Morgan fingerprint density at radius 1 is 1.19 bits per heavy atom. The van der Waals surface area contributed by atoms with Crippen LogP contribution in [0.1, 0.15) is 26.2 Å². The van der Waals surface area contributed by atoms with Crippen LogP contribution in [0, 0.1) is 10.1 Å². The van der Waals surface area contributed by atoms with Crippen molar-refractivity contribution in [1.82, 2.24) is 4.31 Å². The summed E-state index contributed by atoms with van der Waals surface area (Å²) in [5.41, 5.74) is 0.392. The van der Waals surface area contributed by atoms with Crippen LogP contribution < -0.4 is 9.80 Å². The summed E-state index contributed by atoms with van der Waals surface area (Å²) in [6, 6.07) is 4.57. The van der Waals surface area contributed by atoms with Gasteiger partial charge in [0.05, 0.1) is 43.0 Å². The van der Waals surface area contributed by atoms with Crippen LogP contribution in [0.3, 0.4) is 0 Å². The molecule has 1 N–H and O–H groups in total. The quantitative estimate of drug-likeness (QED) is 0.604. The largest absolute Gasteiger partial charge is 0.363 e. The van der Waals surface area contributed by atoms with E-state index in [-0.39, 0.29) is 16.6 Å². The number of quaternary nitrogens is 1. The molecule has 0 radical (unpaired) electrons. The van der Waals surface area contributed by atoms with Gasteiger partial charge in [0.1, 0.15) is 5.69 Å². The number of piperidine rings is 1. The summed E-state index contributed by atoms with van der Waals surface area (Å²) in [4.78, 5) is 14.5. The number of benzene rings is 1. The number of hydrogen-bond acceptors (Lipinski definition) is 5. The number of nitro benzene ring substituents is 1. The van der Waals surface area contributed by atoms with Gasteiger partial charge in [-0.2, -0.15) is 4.31 Å². The lowest BCUT2D eigenvalue weighted by Crippen LogP contribution is -3.12. The molecular weight excluding hydrogens is 356 g/mol. The minimum absolute atomic E-state index is 0.0113. The molecule has 2 heterocycles. The number of nitrogens with zero attached hydrogens (tertiary/aromatic N) is 3. The van der Waals surface area contributed by atoms with E-state index in [1.165, 1.54) is 21.3 Å². The molecular formula is C17H27N4O4S+. The SMILES string of the molecule is C[C@H]1CCCCN1c1ccc(S(=O)(=O)N2CC[NH+](C)CC2)cc1[N+](=O)[O-]. The van der Waals surface area contributed by atoms with Gasteiger partial charge in [-0.15, -0.1) is 0 Å². The highest BCUT2D eigenvalue weighted by molar-refractivity contribution is 7.89. The zero-order chi connectivity index (χ0) is 18.9. The highest BCUT2D eigenvalue weighted by Gasteiger charge is 2.32. The summed E-state index contributed by atoms with van der Waals surface area (Å²) in [7, 11) is -1.67. The lowest BCUT2D eigenvalue weighted by Gasteiger charge is -2.35. The van der Waals surface area contributed by atoms with Crippen molar-refractivity contribution in [3.8, 4) is 0 Å². The fraction of sp³-hybridized carbons (Fsp3) is 0.647. The molecule has 0 aliphatic carbocycles. The lowest BCUT2D eigenvalue weighted by atomic mass is 10.0. The Kier molecular flexibility index (Phi) is 5.50. The Bertz CT molecular complexity index is 775. The maximum atomic E-state index is 12.9. The van der Waals surface area contributed by atoms with Crippen LogP contribution in [0.15, 0.2) is 23.1 Å². The topological polar surface area (TPSA) is 88.2 Å². The smallest absolute Gasteiger partial charge is 0.293 e. The van der Waals surface area contributed by atoms with Crippen LogP contribution in [0.25, 0.3) is 0 Å². The summed E-state index contributed by atoms with van der Waals surface area (Å²) in [6.45, 7) is 5.17. The molecule has 0 amide bonds. The third kappa shape index (κ3) is 3.70. The van der Waals surface area contributed by atoms with E-state index in [2.05, 4.69) is 6.92 Å². The molecule has 0 saturated carbocycles. The van der Waals surface area contributed by atoms with Crippen molar-refractivity contribution < 1.29 is 18.2 Å². The first-order valence-electron chi connectivity index (χ1n) is 9.17. The first-order valence-corrected chi connectivity index (χ1v) is 10.6. The minimum atomic E-state index is -3.71. The number of sulfonamides is 1. The van der Waals surface area contributed by atoms with Crippen molar-refractivity contribution in [2.24, 2.45) is 0 Å². The number of nitro groups is 1. The van der Waals surface area contributed by atoms with Gasteiger partial charge in [0, 0.05) is 18.7 Å². The summed E-state index contributed by atoms with van der Waals surface area (Å²) < 4.78 is 27.2. The van der Waals surface area contributed by atoms with Crippen LogP contribution in [-0.2, 0) is 10.0 Å². The normalized spacial score (nSPS) is 23.2. The molecule has 2 aliphatic rings. The standard InChI is InChI=1S/C17H26N4O4S/c1-14-5-3-4-8-20(14)16-7-6-15(13-17(16)21(22)23)26(24,25)19-11-9-18(2)10-12-19/h6-7,13-14H,3-5,8-12H2,1-2H3/p+1/t14-/m0/s1. The van der Waals surface area contributed by atoms with E-state index < -0.39 is 14.9 Å². The molecule has 0 aromatic heterocycles. The molecule has 144 valence electrons. The second kappa shape index (κ2) is 7.50. The van der Waals surface area contributed by atoms with E-state index in [0.29, 0.717) is 18.8 Å². The number of nitrogens with one attached hydrogen (secondary N) is 1. The molecule has 1 aromatic carbocycles. The van der Waals surface area contributed by atoms with Gasteiger partial charge in [0.15, 0.2) is 0 Å². The van der Waals surface area contributed by atoms with Gasteiger partial charge >= 0.3 is 0 Å². The summed E-state index contributed by atoms with van der Waals surface area (Å²) in [5.74, 6) is 0. The highest BCUT2D eigenvalue weighted by Crippen LogP contribution is 2.35. The fourth-order valence-corrected chi connectivity index (χ4v) is 5.23. The van der Waals surface area contributed by atoms with Crippen LogP contribution in [0.2, 0.25) is 0 Å². The Morgan fingerprint density at radius 2 is 1.88 bits per heavy atom. The Balaban J connectivity index is 1.94. The van der Waals surface area contributed by atoms with Crippen LogP contribution in [0.4, 0.5) is 11.4 Å². The van der Waals surface area contributed by atoms with E-state index >= 15 is 0 Å². The predicted molar refractivity (Wildman–Crippen MR) is 99.1 cm³/mol. The predicted octanol–water partition coefficient (Wildman–Crippen LogP) is 0.493. The zero-order valence-corrected chi connectivity index (χ0v) is 16.2. The third-order valence-electron chi connectivity index (χ3n) is 5.47. The zero-order valence-electron chi connectivity index (χ0n) is 15.3. The molecule has 0 bridgehead atoms. The Labute approximate surface area is 154 Å². The minimum Gasteiger partial charge on any atom is -0.363 e. The van der Waals surface area contributed by atoms with Gasteiger partial charge in [0.25, 0.3) is 5.69 Å². The van der Waals surface area contributed by atoms with Gasteiger partial charge in [-0.3, -0.25) is 10.1 Å². The van der Waals surface area contributed by atoms with Crippen molar-refractivity contribution in [3.63, 3.8) is 0 Å². The number of anilines is 1. The maximum Gasteiger partial charge on any atom is 0.293 e. The van der Waals surface area contributed by atoms with Crippen molar-refractivity contribution in [2.75, 3.05) is 44.7 Å². The second-order valence-corrected chi connectivity index (χ2v) is 9.24. The first kappa shape index (κ1) is 19.1. The molecule has 0 spiro atoms. The van der Waals surface area contributed by atoms with E-state index in [9.17, 15) is 18.5 Å². The number of piperazine rings is 1. The van der Waals surface area contributed by atoms with E-state index in [1.807, 2.05) is 11.9 Å². The molecule has 26 heavy (non-hydrogen) atoms. The average Bonchev–Trinajstić information content (AvgIpc) is 2.62. The van der Waals surface area contributed by atoms with Gasteiger partial charge in [-0.05, 0) is 38.3 Å². The van der Waals surface area contributed by atoms with Crippen molar-refractivity contribution >= 4 is 21.4 Å². The molecule has 2 saturated heterocycles. The van der Waals surface area contributed by atoms with Gasteiger partial charge in [-0.1, -0.05) is 0 Å². The molecule has 1 atom stereocenters. The van der Waals surface area contributed by atoms with E-state index in [4.69, 9.17) is 0 Å². The van der Waals surface area contributed by atoms with Gasteiger partial charge in [0.2, 0.25) is 10.0 Å². The molecule has 9 heteroatoms. The van der Waals surface area contributed by atoms with Crippen LogP contribution >= 0.6 is 0 Å². The van der Waals surface area contributed by atoms with Crippen molar-refractivity contribution in [3.05, 3.63) is 28.3 Å². The molecule has 8 nitrogen and oxygen atoms in total. The average molecular weight is 383 g/mol. The molecule has 2 fully saturated rings. The van der Waals surface area contributed by atoms with Crippen LogP contribution in [-0.4, -0.2) is 63.5 Å². The summed E-state index contributed by atoms with van der Waals surface area (Å²) >= 11 is 0. The monoisotopic (exact) mass is 383 g/mol. The third-order valence-corrected chi connectivity index (χ3v) is 7.36. The number of likely N-dealkylation sites (N-methyl/N-ethyl adjacent to an activating group) is 1. The lowest BCUT2D eigenvalue weighted by molar-refractivity contribution is -0.883. The Morgan fingerprint density at radius 3 is 2.50 bits per heavy atom. The van der Waals surface area contributed by atoms with Gasteiger partial charge < -0.3 is 9.80 Å².